The maximum Gasteiger partial charge on any atom is 0.320 e. The Bertz CT molecular complexity index is 369. The lowest BCUT2D eigenvalue weighted by Gasteiger charge is -2.18. The maximum absolute atomic E-state index is 10.9. The average molecular weight is 248 g/mol. The van der Waals surface area contributed by atoms with Gasteiger partial charge < -0.3 is 5.11 Å². The topological polar surface area (TPSA) is 84.1 Å². The van der Waals surface area contributed by atoms with Crippen LogP contribution in [0.4, 0.5) is 0 Å². The number of rotatable bonds is 3. The summed E-state index contributed by atoms with van der Waals surface area (Å²) in [5, 5.41) is 20.5. The molecular formula is C8H14ClN5O2. The van der Waals surface area contributed by atoms with Crippen molar-refractivity contribution in [3.05, 3.63) is 5.82 Å². The Labute approximate surface area is 98.8 Å². The summed E-state index contributed by atoms with van der Waals surface area (Å²) >= 11 is 0. The van der Waals surface area contributed by atoms with E-state index in [0.717, 1.165) is 13.0 Å². The number of aromatic nitrogens is 4. The number of carbonyl (C=O) groups is 1. The summed E-state index contributed by atoms with van der Waals surface area (Å²) in [6.07, 6.45) is 1.62. The van der Waals surface area contributed by atoms with E-state index in [9.17, 15) is 4.79 Å². The molecule has 1 aliphatic rings. The van der Waals surface area contributed by atoms with Gasteiger partial charge in [0, 0.05) is 0 Å². The van der Waals surface area contributed by atoms with E-state index in [1.165, 1.54) is 4.80 Å². The monoisotopic (exact) mass is 247 g/mol. The van der Waals surface area contributed by atoms with E-state index in [1.54, 1.807) is 7.05 Å². The van der Waals surface area contributed by atoms with Crippen molar-refractivity contribution >= 4 is 18.4 Å². The quantitative estimate of drug-likeness (QED) is 0.788. The lowest BCUT2D eigenvalue weighted by atomic mass is 10.2. The number of tetrazole rings is 1. The zero-order valence-electron chi connectivity index (χ0n) is 8.91. The van der Waals surface area contributed by atoms with Crippen LogP contribution in [0.25, 0.3) is 0 Å². The summed E-state index contributed by atoms with van der Waals surface area (Å²) < 4.78 is 0. The second-order valence-corrected chi connectivity index (χ2v) is 3.66. The van der Waals surface area contributed by atoms with E-state index < -0.39 is 12.0 Å². The Balaban J connectivity index is 0.00000128. The molecule has 1 saturated heterocycles. The molecule has 7 nitrogen and oxygen atoms in total. The number of halogens is 1. The lowest BCUT2D eigenvalue weighted by Crippen LogP contribution is -2.35. The van der Waals surface area contributed by atoms with Crippen molar-refractivity contribution in [3.8, 4) is 0 Å². The van der Waals surface area contributed by atoms with Crippen LogP contribution < -0.4 is 0 Å². The van der Waals surface area contributed by atoms with Crippen molar-refractivity contribution in [3.63, 3.8) is 0 Å². The molecule has 2 rings (SSSR count). The minimum Gasteiger partial charge on any atom is -0.480 e. The summed E-state index contributed by atoms with van der Waals surface area (Å²) in [6.45, 7) is 1.25. The van der Waals surface area contributed by atoms with E-state index in [1.807, 2.05) is 4.90 Å². The number of hydrogen-bond acceptors (Lipinski definition) is 5. The Kier molecular flexibility index (Phi) is 4.19. The molecule has 90 valence electrons. The number of nitrogens with zero attached hydrogens (tertiary/aromatic N) is 5. The minimum absolute atomic E-state index is 0. The summed E-state index contributed by atoms with van der Waals surface area (Å²) in [4.78, 5) is 14.2. The fourth-order valence-corrected chi connectivity index (χ4v) is 1.86. The largest absolute Gasteiger partial charge is 0.480 e. The standard InChI is InChI=1S/C8H13N5O2.ClH/c1-12-10-7(9-11-12)5-13-4-2-3-6(13)8(14)15;/h6H,2-5H2,1H3,(H,14,15);1H/t6-;/m1./s1. The lowest BCUT2D eigenvalue weighted by molar-refractivity contribution is -0.142. The van der Waals surface area contributed by atoms with Gasteiger partial charge in [-0.15, -0.1) is 22.6 Å². The van der Waals surface area contributed by atoms with Crippen molar-refractivity contribution in [1.82, 2.24) is 25.1 Å². The Hall–Kier alpha value is -1.21. The van der Waals surface area contributed by atoms with Crippen molar-refractivity contribution in [2.24, 2.45) is 7.05 Å². The molecule has 1 N–H and O–H groups in total. The third kappa shape index (κ3) is 2.67. The van der Waals surface area contributed by atoms with Crippen LogP contribution in [0.1, 0.15) is 18.7 Å². The molecule has 0 spiro atoms. The zero-order valence-corrected chi connectivity index (χ0v) is 9.72. The minimum atomic E-state index is -0.767. The fraction of sp³-hybridized carbons (Fsp3) is 0.750. The Morgan fingerprint density at radius 1 is 1.62 bits per heavy atom. The van der Waals surface area contributed by atoms with Crippen LogP contribution in [-0.4, -0.2) is 48.8 Å². The van der Waals surface area contributed by atoms with Gasteiger partial charge >= 0.3 is 5.97 Å². The molecule has 16 heavy (non-hydrogen) atoms. The van der Waals surface area contributed by atoms with Crippen LogP contribution >= 0.6 is 12.4 Å². The normalized spacial score (nSPS) is 20.7. The van der Waals surface area contributed by atoms with Crippen molar-refractivity contribution in [2.45, 2.75) is 25.4 Å². The number of carboxylic acids is 1. The van der Waals surface area contributed by atoms with Gasteiger partial charge in [0.25, 0.3) is 0 Å². The van der Waals surface area contributed by atoms with Crippen molar-refractivity contribution in [2.75, 3.05) is 6.54 Å². The van der Waals surface area contributed by atoms with Crippen LogP contribution in [0.2, 0.25) is 0 Å². The third-order valence-corrected chi connectivity index (χ3v) is 2.54. The summed E-state index contributed by atoms with van der Waals surface area (Å²) in [7, 11) is 1.69. The van der Waals surface area contributed by atoms with E-state index in [4.69, 9.17) is 5.11 Å². The molecule has 0 bridgehead atoms. The van der Waals surface area contributed by atoms with Crippen molar-refractivity contribution in [1.29, 1.82) is 0 Å². The maximum atomic E-state index is 10.9. The molecule has 1 aliphatic heterocycles. The molecule has 0 saturated carbocycles. The first-order chi connectivity index (χ1) is 7.16. The zero-order chi connectivity index (χ0) is 10.8. The van der Waals surface area contributed by atoms with Gasteiger partial charge in [-0.3, -0.25) is 9.69 Å². The Morgan fingerprint density at radius 3 is 2.94 bits per heavy atom. The van der Waals surface area contributed by atoms with Crippen LogP contribution in [-0.2, 0) is 18.4 Å². The first kappa shape index (κ1) is 12.9. The number of hydrogen-bond donors (Lipinski definition) is 1. The van der Waals surface area contributed by atoms with E-state index in [2.05, 4.69) is 15.4 Å². The second-order valence-electron chi connectivity index (χ2n) is 3.66. The van der Waals surface area contributed by atoms with Gasteiger partial charge in [-0.25, -0.2) is 0 Å². The van der Waals surface area contributed by atoms with Gasteiger partial charge in [0.15, 0.2) is 5.82 Å². The fourth-order valence-electron chi connectivity index (χ4n) is 1.86. The molecule has 1 atom stereocenters. The second kappa shape index (κ2) is 5.22. The Morgan fingerprint density at radius 2 is 2.38 bits per heavy atom. The highest BCUT2D eigenvalue weighted by Gasteiger charge is 2.31. The molecule has 2 heterocycles. The summed E-state index contributed by atoms with van der Waals surface area (Å²) in [5.74, 6) is -0.193. The van der Waals surface area contributed by atoms with Gasteiger partial charge in [0.2, 0.25) is 0 Å². The molecule has 8 heteroatoms. The van der Waals surface area contributed by atoms with Gasteiger partial charge in [-0.2, -0.15) is 4.80 Å². The number of carboxylic acid groups (broad SMARTS) is 1. The van der Waals surface area contributed by atoms with Crippen LogP contribution in [0.5, 0.6) is 0 Å². The molecule has 1 aromatic heterocycles. The predicted octanol–water partition coefficient (Wildman–Crippen LogP) is -0.319. The summed E-state index contributed by atoms with van der Waals surface area (Å²) in [5.41, 5.74) is 0. The molecule has 0 amide bonds. The highest BCUT2D eigenvalue weighted by atomic mass is 35.5. The highest BCUT2D eigenvalue weighted by Crippen LogP contribution is 2.18. The number of aliphatic carboxylic acids is 1. The van der Waals surface area contributed by atoms with Crippen LogP contribution in [0.3, 0.4) is 0 Å². The number of likely N-dealkylation sites (tertiary alicyclic amines) is 1. The molecule has 0 unspecified atom stereocenters. The van der Waals surface area contributed by atoms with Gasteiger partial charge in [-0.05, 0) is 24.6 Å². The predicted molar refractivity (Wildman–Crippen MR) is 57.1 cm³/mol. The third-order valence-electron chi connectivity index (χ3n) is 2.54. The smallest absolute Gasteiger partial charge is 0.320 e. The van der Waals surface area contributed by atoms with Gasteiger partial charge in [-0.1, -0.05) is 0 Å². The molecule has 1 fully saturated rings. The molecule has 0 aliphatic carbocycles. The SMILES string of the molecule is Cl.Cn1nnc(CN2CCC[C@@H]2C(=O)O)n1. The van der Waals surface area contributed by atoms with Crippen LogP contribution in [0, 0.1) is 0 Å². The molecule has 0 aromatic carbocycles. The molecular weight excluding hydrogens is 234 g/mol. The number of aryl methyl sites for hydroxylation is 1. The van der Waals surface area contributed by atoms with Crippen LogP contribution in [0.15, 0.2) is 0 Å². The van der Waals surface area contributed by atoms with Crippen molar-refractivity contribution < 1.29 is 9.90 Å². The van der Waals surface area contributed by atoms with Gasteiger partial charge in [0.05, 0.1) is 13.6 Å². The van der Waals surface area contributed by atoms with E-state index in [-0.39, 0.29) is 12.4 Å². The molecule has 0 radical (unpaired) electrons. The molecule has 1 aromatic rings. The first-order valence-corrected chi connectivity index (χ1v) is 4.86. The van der Waals surface area contributed by atoms with Gasteiger partial charge in [0.1, 0.15) is 6.04 Å². The van der Waals surface area contributed by atoms with E-state index in [0.29, 0.717) is 18.8 Å². The highest BCUT2D eigenvalue weighted by molar-refractivity contribution is 5.85. The first-order valence-electron chi connectivity index (χ1n) is 4.86. The van der Waals surface area contributed by atoms with E-state index >= 15 is 0 Å². The summed E-state index contributed by atoms with van der Waals surface area (Å²) in [6, 6.07) is -0.395. The average Bonchev–Trinajstić information content (AvgIpc) is 2.75.